The number of rotatable bonds is 6. The highest BCUT2D eigenvalue weighted by atomic mass is 19.4. The van der Waals surface area contributed by atoms with Crippen LogP contribution in [0.1, 0.15) is 32.1 Å². The van der Waals surface area contributed by atoms with Gasteiger partial charge in [-0.05, 0) is 64.8 Å². The van der Waals surface area contributed by atoms with E-state index in [9.17, 15) is 13.2 Å². The van der Waals surface area contributed by atoms with E-state index in [0.717, 1.165) is 38.4 Å². The molecule has 0 amide bonds. The summed E-state index contributed by atoms with van der Waals surface area (Å²) in [5, 5.41) is 3.14. The minimum Gasteiger partial charge on any atom is -0.320 e. The first-order chi connectivity index (χ1) is 8.01. The number of hydrogen-bond acceptors (Lipinski definition) is 2. The van der Waals surface area contributed by atoms with Crippen LogP contribution in [0, 0.1) is 5.92 Å². The third-order valence-corrected chi connectivity index (χ3v) is 3.44. The Kier molecular flexibility index (Phi) is 6.27. The second kappa shape index (κ2) is 7.21. The van der Waals surface area contributed by atoms with Crippen LogP contribution in [0.5, 0.6) is 0 Å². The lowest BCUT2D eigenvalue weighted by atomic mass is 9.93. The van der Waals surface area contributed by atoms with Crippen molar-refractivity contribution < 1.29 is 13.2 Å². The Labute approximate surface area is 102 Å². The van der Waals surface area contributed by atoms with E-state index in [2.05, 4.69) is 10.2 Å². The second-order valence-corrected chi connectivity index (χ2v) is 4.90. The molecule has 0 aliphatic carbocycles. The number of nitrogens with one attached hydrogen (secondary N) is 1. The highest BCUT2D eigenvalue weighted by Crippen LogP contribution is 2.23. The van der Waals surface area contributed by atoms with Crippen molar-refractivity contribution >= 4 is 0 Å². The Hall–Kier alpha value is -0.290. The number of halogens is 3. The fraction of sp³-hybridized carbons (Fsp3) is 1.00. The standard InChI is InChI=1S/C12H23F3N2/c1-16-7-3-11-4-9-17(10-5-11)8-2-6-12(13,14)15/h11,16H,2-10H2,1H3. The van der Waals surface area contributed by atoms with Gasteiger partial charge in [0.05, 0.1) is 0 Å². The largest absolute Gasteiger partial charge is 0.389 e. The molecule has 1 rings (SSSR count). The fourth-order valence-corrected chi connectivity index (χ4v) is 2.35. The Bertz CT molecular complexity index is 198. The maximum atomic E-state index is 12.0. The highest BCUT2D eigenvalue weighted by molar-refractivity contribution is 4.73. The topological polar surface area (TPSA) is 15.3 Å². The molecule has 0 saturated carbocycles. The Morgan fingerprint density at radius 1 is 1.24 bits per heavy atom. The molecule has 0 radical (unpaired) electrons. The third kappa shape index (κ3) is 6.88. The number of hydrogen-bond donors (Lipinski definition) is 1. The summed E-state index contributed by atoms with van der Waals surface area (Å²) in [7, 11) is 1.95. The Balaban J connectivity index is 2.07. The normalized spacial score (nSPS) is 19.8. The van der Waals surface area contributed by atoms with Crippen molar-refractivity contribution in [1.29, 1.82) is 0 Å². The molecule has 0 aromatic rings. The molecular formula is C12H23F3N2. The summed E-state index contributed by atoms with van der Waals surface area (Å²) >= 11 is 0. The van der Waals surface area contributed by atoms with Gasteiger partial charge in [0, 0.05) is 6.42 Å². The first-order valence-corrected chi connectivity index (χ1v) is 6.45. The summed E-state index contributed by atoms with van der Waals surface area (Å²) in [6.07, 6.45) is -0.948. The smallest absolute Gasteiger partial charge is 0.320 e. The molecule has 0 spiro atoms. The van der Waals surface area contributed by atoms with Gasteiger partial charge < -0.3 is 10.2 Å². The zero-order valence-electron chi connectivity index (χ0n) is 10.5. The van der Waals surface area contributed by atoms with Gasteiger partial charge in [-0.2, -0.15) is 13.2 Å². The Morgan fingerprint density at radius 2 is 1.88 bits per heavy atom. The van der Waals surface area contributed by atoms with Crippen LogP contribution in [0.15, 0.2) is 0 Å². The van der Waals surface area contributed by atoms with E-state index in [4.69, 9.17) is 0 Å². The molecule has 0 aromatic heterocycles. The van der Waals surface area contributed by atoms with E-state index < -0.39 is 12.6 Å². The van der Waals surface area contributed by atoms with Crippen molar-refractivity contribution in [2.45, 2.75) is 38.3 Å². The molecule has 1 N–H and O–H groups in total. The molecule has 2 nitrogen and oxygen atoms in total. The van der Waals surface area contributed by atoms with Crippen LogP contribution in [-0.4, -0.2) is 44.3 Å². The van der Waals surface area contributed by atoms with Crippen LogP contribution in [0.25, 0.3) is 0 Å². The molecular weight excluding hydrogens is 229 g/mol. The predicted molar refractivity (Wildman–Crippen MR) is 63.0 cm³/mol. The minimum absolute atomic E-state index is 0.241. The molecule has 0 atom stereocenters. The zero-order valence-corrected chi connectivity index (χ0v) is 10.5. The molecule has 0 bridgehead atoms. The average Bonchev–Trinajstić information content (AvgIpc) is 2.26. The van der Waals surface area contributed by atoms with Crippen molar-refractivity contribution in [3.63, 3.8) is 0 Å². The summed E-state index contributed by atoms with van der Waals surface area (Å²) in [5.41, 5.74) is 0. The minimum atomic E-state index is -3.99. The molecule has 102 valence electrons. The first kappa shape index (κ1) is 14.8. The third-order valence-electron chi connectivity index (χ3n) is 3.44. The van der Waals surface area contributed by atoms with E-state index in [0.29, 0.717) is 6.54 Å². The second-order valence-electron chi connectivity index (χ2n) is 4.90. The van der Waals surface area contributed by atoms with Crippen molar-refractivity contribution in [3.8, 4) is 0 Å². The average molecular weight is 252 g/mol. The Morgan fingerprint density at radius 3 is 2.41 bits per heavy atom. The van der Waals surface area contributed by atoms with Crippen molar-refractivity contribution in [1.82, 2.24) is 10.2 Å². The lowest BCUT2D eigenvalue weighted by molar-refractivity contribution is -0.136. The van der Waals surface area contributed by atoms with Gasteiger partial charge in [-0.1, -0.05) is 0 Å². The molecule has 1 saturated heterocycles. The first-order valence-electron chi connectivity index (χ1n) is 6.45. The van der Waals surface area contributed by atoms with E-state index in [1.165, 1.54) is 6.42 Å². The van der Waals surface area contributed by atoms with E-state index in [1.54, 1.807) is 0 Å². The predicted octanol–water partition coefficient (Wildman–Crippen LogP) is 2.65. The van der Waals surface area contributed by atoms with Crippen LogP contribution in [0.2, 0.25) is 0 Å². The molecule has 1 heterocycles. The summed E-state index contributed by atoms with van der Waals surface area (Å²) in [4.78, 5) is 2.17. The van der Waals surface area contributed by atoms with Gasteiger partial charge in [-0.15, -0.1) is 0 Å². The van der Waals surface area contributed by atoms with Crippen LogP contribution in [0.4, 0.5) is 13.2 Å². The van der Waals surface area contributed by atoms with Crippen LogP contribution in [-0.2, 0) is 0 Å². The molecule has 1 fully saturated rings. The summed E-state index contributed by atoms with van der Waals surface area (Å²) < 4.78 is 36.0. The number of nitrogens with zero attached hydrogens (tertiary/aromatic N) is 1. The summed E-state index contributed by atoms with van der Waals surface area (Å²) in [5.74, 6) is 0.751. The molecule has 17 heavy (non-hydrogen) atoms. The zero-order chi connectivity index (χ0) is 12.7. The quantitative estimate of drug-likeness (QED) is 0.782. The van der Waals surface area contributed by atoms with Gasteiger partial charge in [-0.3, -0.25) is 0 Å². The van der Waals surface area contributed by atoms with Crippen molar-refractivity contribution in [3.05, 3.63) is 0 Å². The van der Waals surface area contributed by atoms with Gasteiger partial charge in [0.25, 0.3) is 0 Å². The maximum absolute atomic E-state index is 12.0. The summed E-state index contributed by atoms with van der Waals surface area (Å²) in [6, 6.07) is 0. The van der Waals surface area contributed by atoms with Crippen LogP contribution < -0.4 is 5.32 Å². The van der Waals surface area contributed by atoms with E-state index in [-0.39, 0.29) is 6.42 Å². The summed E-state index contributed by atoms with van der Waals surface area (Å²) in [6.45, 7) is 3.56. The fourth-order valence-electron chi connectivity index (χ4n) is 2.35. The van der Waals surface area contributed by atoms with Gasteiger partial charge in [0.1, 0.15) is 0 Å². The van der Waals surface area contributed by atoms with Gasteiger partial charge in [0.2, 0.25) is 0 Å². The lowest BCUT2D eigenvalue weighted by Crippen LogP contribution is -2.35. The molecule has 1 aliphatic rings. The SMILES string of the molecule is CNCCC1CCN(CCCC(F)(F)F)CC1. The van der Waals surface area contributed by atoms with Gasteiger partial charge >= 0.3 is 6.18 Å². The van der Waals surface area contributed by atoms with Crippen LogP contribution in [0.3, 0.4) is 0 Å². The van der Waals surface area contributed by atoms with Crippen LogP contribution >= 0.6 is 0 Å². The molecule has 0 aromatic carbocycles. The lowest BCUT2D eigenvalue weighted by Gasteiger charge is -2.32. The number of alkyl halides is 3. The van der Waals surface area contributed by atoms with Gasteiger partial charge in [-0.25, -0.2) is 0 Å². The number of likely N-dealkylation sites (tertiary alicyclic amines) is 1. The van der Waals surface area contributed by atoms with Crippen molar-refractivity contribution in [2.24, 2.45) is 5.92 Å². The highest BCUT2D eigenvalue weighted by Gasteiger charge is 2.27. The van der Waals surface area contributed by atoms with Gasteiger partial charge in [0.15, 0.2) is 0 Å². The van der Waals surface area contributed by atoms with E-state index >= 15 is 0 Å². The molecule has 0 unspecified atom stereocenters. The number of piperidine rings is 1. The van der Waals surface area contributed by atoms with Crippen molar-refractivity contribution in [2.75, 3.05) is 33.2 Å². The van der Waals surface area contributed by atoms with E-state index in [1.807, 2.05) is 7.05 Å². The maximum Gasteiger partial charge on any atom is 0.389 e. The molecule has 5 heteroatoms. The molecule has 1 aliphatic heterocycles. The monoisotopic (exact) mass is 252 g/mol.